The average Bonchev–Trinajstić information content (AvgIpc) is 2.39. The third kappa shape index (κ3) is 1.41. The number of hydrogen-bond donors (Lipinski definition) is 0. The predicted molar refractivity (Wildman–Crippen MR) is 32.4 cm³/mol. The zero-order valence-electron chi connectivity index (χ0n) is 5.77. The fourth-order valence-electron chi connectivity index (χ4n) is 1.29. The lowest BCUT2D eigenvalue weighted by Gasteiger charge is -2.00. The maximum Gasteiger partial charge on any atom is 0.241 e. The van der Waals surface area contributed by atoms with Gasteiger partial charge in [-0.1, -0.05) is 13.8 Å². The molecule has 1 fully saturated rings. The maximum atomic E-state index is 11.8. The topological polar surface area (TPSA) is 0 Å². The zero-order valence-corrected chi connectivity index (χ0v) is 5.77. The highest BCUT2D eigenvalue weighted by Crippen LogP contribution is 2.47. The van der Waals surface area contributed by atoms with E-state index in [0.29, 0.717) is 11.8 Å². The summed E-state index contributed by atoms with van der Waals surface area (Å²) in [6, 6.07) is 0. The van der Waals surface area contributed by atoms with E-state index in [-0.39, 0.29) is 5.92 Å². The fraction of sp³-hybridized carbons (Fsp3) is 1.00. The smallest absolute Gasteiger partial charge is 0.210 e. The molecule has 0 aliphatic heterocycles. The number of alkyl halides is 2. The van der Waals surface area contributed by atoms with Crippen LogP contribution in [0.4, 0.5) is 8.78 Å². The Hall–Kier alpha value is -0.140. The monoisotopic (exact) mass is 134 g/mol. The van der Waals surface area contributed by atoms with Gasteiger partial charge in [-0.05, 0) is 18.3 Å². The molecule has 0 bridgehead atoms. The van der Waals surface area contributed by atoms with Crippen molar-refractivity contribution < 1.29 is 8.78 Å². The molecule has 0 aromatic rings. The minimum atomic E-state index is -2.07. The van der Waals surface area contributed by atoms with Crippen LogP contribution in [0.3, 0.4) is 0 Å². The molecule has 0 nitrogen and oxygen atoms in total. The van der Waals surface area contributed by atoms with Crippen LogP contribution in [0, 0.1) is 17.8 Å². The maximum absolute atomic E-state index is 11.8. The van der Waals surface area contributed by atoms with Crippen LogP contribution in [0.5, 0.6) is 0 Å². The summed E-state index contributed by atoms with van der Waals surface area (Å²) in [7, 11) is 0. The highest BCUT2D eigenvalue weighted by atomic mass is 19.3. The van der Waals surface area contributed by atoms with Crippen molar-refractivity contribution in [2.24, 2.45) is 17.8 Å². The van der Waals surface area contributed by atoms with Gasteiger partial charge in [0, 0.05) is 5.92 Å². The number of hydrogen-bond acceptors (Lipinski definition) is 0. The molecule has 0 radical (unpaired) electrons. The SMILES string of the molecule is CC(C)C1CC1C(F)F. The first-order valence-corrected chi connectivity index (χ1v) is 3.41. The van der Waals surface area contributed by atoms with E-state index in [0.717, 1.165) is 6.42 Å². The van der Waals surface area contributed by atoms with Gasteiger partial charge in [-0.2, -0.15) is 0 Å². The molecule has 1 saturated carbocycles. The van der Waals surface area contributed by atoms with E-state index in [1.807, 2.05) is 13.8 Å². The summed E-state index contributed by atoms with van der Waals surface area (Å²) in [5.74, 6) is 0.485. The second kappa shape index (κ2) is 2.24. The largest absolute Gasteiger partial charge is 0.241 e. The van der Waals surface area contributed by atoms with Crippen molar-refractivity contribution >= 4 is 0 Å². The summed E-state index contributed by atoms with van der Waals surface area (Å²) in [5.41, 5.74) is 0. The van der Waals surface area contributed by atoms with Gasteiger partial charge in [-0.3, -0.25) is 0 Å². The molecule has 0 spiro atoms. The molecule has 0 N–H and O–H groups in total. The number of rotatable bonds is 2. The van der Waals surface area contributed by atoms with Gasteiger partial charge in [0.25, 0.3) is 0 Å². The van der Waals surface area contributed by atoms with Crippen LogP contribution in [0.2, 0.25) is 0 Å². The molecule has 54 valence electrons. The van der Waals surface area contributed by atoms with Gasteiger partial charge < -0.3 is 0 Å². The van der Waals surface area contributed by atoms with Crippen LogP contribution in [-0.2, 0) is 0 Å². The fourth-order valence-corrected chi connectivity index (χ4v) is 1.29. The minimum Gasteiger partial charge on any atom is -0.210 e. The molecule has 0 amide bonds. The molecule has 9 heavy (non-hydrogen) atoms. The summed E-state index contributed by atoms with van der Waals surface area (Å²) in [6.45, 7) is 4.01. The van der Waals surface area contributed by atoms with E-state index in [9.17, 15) is 8.78 Å². The molecule has 1 aliphatic rings. The van der Waals surface area contributed by atoms with Crippen LogP contribution < -0.4 is 0 Å². The Morgan fingerprint density at radius 3 is 1.89 bits per heavy atom. The van der Waals surface area contributed by atoms with Gasteiger partial charge in [0.05, 0.1) is 0 Å². The van der Waals surface area contributed by atoms with Crippen molar-refractivity contribution in [1.82, 2.24) is 0 Å². The van der Waals surface area contributed by atoms with Crippen molar-refractivity contribution in [2.75, 3.05) is 0 Å². The van der Waals surface area contributed by atoms with E-state index in [2.05, 4.69) is 0 Å². The van der Waals surface area contributed by atoms with E-state index < -0.39 is 6.43 Å². The van der Waals surface area contributed by atoms with E-state index >= 15 is 0 Å². The van der Waals surface area contributed by atoms with Crippen molar-refractivity contribution in [3.63, 3.8) is 0 Å². The van der Waals surface area contributed by atoms with Crippen molar-refractivity contribution in [1.29, 1.82) is 0 Å². The van der Waals surface area contributed by atoms with Crippen molar-refractivity contribution in [3.8, 4) is 0 Å². The lowest BCUT2D eigenvalue weighted by molar-refractivity contribution is 0.112. The Bertz CT molecular complexity index is 87.1. The summed E-state index contributed by atoms with van der Waals surface area (Å²) in [5, 5.41) is 0. The number of halogens is 2. The Morgan fingerprint density at radius 2 is 1.78 bits per heavy atom. The van der Waals surface area contributed by atoms with Crippen LogP contribution in [-0.4, -0.2) is 6.43 Å². The molecular formula is C7H12F2. The Kier molecular flexibility index (Phi) is 1.73. The zero-order chi connectivity index (χ0) is 7.02. The molecule has 2 heteroatoms. The van der Waals surface area contributed by atoms with E-state index in [1.54, 1.807) is 0 Å². The molecule has 2 atom stereocenters. The highest BCUT2D eigenvalue weighted by Gasteiger charge is 2.45. The average molecular weight is 134 g/mol. The van der Waals surface area contributed by atoms with Gasteiger partial charge in [0.1, 0.15) is 0 Å². The van der Waals surface area contributed by atoms with Crippen LogP contribution in [0.15, 0.2) is 0 Å². The lowest BCUT2D eigenvalue weighted by Crippen LogP contribution is -1.99. The quantitative estimate of drug-likeness (QED) is 0.544. The first-order chi connectivity index (χ1) is 4.13. The second-order valence-electron chi connectivity index (χ2n) is 3.14. The van der Waals surface area contributed by atoms with Crippen LogP contribution in [0.25, 0.3) is 0 Å². The van der Waals surface area contributed by atoms with Crippen molar-refractivity contribution in [3.05, 3.63) is 0 Å². The van der Waals surface area contributed by atoms with Gasteiger partial charge in [-0.25, -0.2) is 8.78 Å². The van der Waals surface area contributed by atoms with Gasteiger partial charge >= 0.3 is 0 Å². The van der Waals surface area contributed by atoms with E-state index in [4.69, 9.17) is 0 Å². The van der Waals surface area contributed by atoms with E-state index in [1.165, 1.54) is 0 Å². The second-order valence-corrected chi connectivity index (χ2v) is 3.14. The summed E-state index contributed by atoms with van der Waals surface area (Å²) in [4.78, 5) is 0. The minimum absolute atomic E-state index is 0.273. The normalized spacial score (nSPS) is 34.0. The molecular weight excluding hydrogens is 122 g/mol. The molecule has 0 saturated heterocycles. The first kappa shape index (κ1) is 6.97. The first-order valence-electron chi connectivity index (χ1n) is 3.41. The van der Waals surface area contributed by atoms with Gasteiger partial charge in [-0.15, -0.1) is 0 Å². The molecule has 0 aromatic heterocycles. The standard InChI is InChI=1S/C7H12F2/c1-4(2)5-3-6(5)7(8)9/h4-7H,3H2,1-2H3. The predicted octanol–water partition coefficient (Wildman–Crippen LogP) is 2.54. The molecule has 1 aliphatic carbocycles. The van der Waals surface area contributed by atoms with Gasteiger partial charge in [0.2, 0.25) is 6.43 Å². The summed E-state index contributed by atoms with van der Waals surface area (Å²) >= 11 is 0. The third-order valence-electron chi connectivity index (χ3n) is 2.07. The summed E-state index contributed by atoms with van der Waals surface area (Å²) < 4.78 is 23.7. The molecule has 1 rings (SSSR count). The Balaban J connectivity index is 2.24. The highest BCUT2D eigenvalue weighted by molar-refractivity contribution is 4.89. The van der Waals surface area contributed by atoms with Crippen LogP contribution >= 0.6 is 0 Å². The summed E-state index contributed by atoms with van der Waals surface area (Å²) in [6.07, 6.45) is -1.33. The molecule has 2 unspecified atom stereocenters. The van der Waals surface area contributed by atoms with Crippen LogP contribution in [0.1, 0.15) is 20.3 Å². The Morgan fingerprint density at radius 1 is 1.22 bits per heavy atom. The van der Waals surface area contributed by atoms with Gasteiger partial charge in [0.15, 0.2) is 0 Å². The lowest BCUT2D eigenvalue weighted by atomic mass is 10.1. The molecule has 0 heterocycles. The van der Waals surface area contributed by atoms with Crippen molar-refractivity contribution in [2.45, 2.75) is 26.7 Å². The Labute approximate surface area is 54.3 Å². The third-order valence-corrected chi connectivity index (χ3v) is 2.07. The molecule has 0 aromatic carbocycles.